The highest BCUT2D eigenvalue weighted by molar-refractivity contribution is 5.94. The number of carbonyl (C=O) groups is 1. The molecule has 1 saturated heterocycles. The average molecular weight is 288 g/mol. The Balaban J connectivity index is 1.98. The summed E-state index contributed by atoms with van der Waals surface area (Å²) in [6, 6.07) is 5.46. The molecule has 112 valence electrons. The van der Waals surface area contributed by atoms with Crippen LogP contribution in [0.2, 0.25) is 0 Å². The molecule has 0 aromatic heterocycles. The first-order valence-electron chi connectivity index (χ1n) is 6.98. The van der Waals surface area contributed by atoms with Crippen molar-refractivity contribution in [3.05, 3.63) is 34.9 Å². The lowest BCUT2D eigenvalue weighted by Gasteiger charge is -2.23. The summed E-state index contributed by atoms with van der Waals surface area (Å²) < 4.78 is 10.8. The molecule has 1 unspecified atom stereocenters. The highest BCUT2D eigenvalue weighted by Gasteiger charge is 2.16. The minimum Gasteiger partial charge on any atom is -0.376 e. The van der Waals surface area contributed by atoms with Crippen LogP contribution in [0.25, 0.3) is 0 Å². The molecular weight excluding hydrogens is 268 g/mol. The fraction of sp³-hybridized carbons (Fsp3) is 0.438. The van der Waals surface area contributed by atoms with Gasteiger partial charge in [0.1, 0.15) is 0 Å². The number of carbonyl (C=O) groups excluding carboxylic acids is 1. The number of rotatable bonds is 3. The molecule has 2 rings (SSSR count). The molecule has 1 atom stereocenters. The second-order valence-electron chi connectivity index (χ2n) is 4.81. The molecule has 0 bridgehead atoms. The molecular formula is C16H20N2O3. The van der Waals surface area contributed by atoms with Gasteiger partial charge < -0.3 is 20.5 Å². The highest BCUT2D eigenvalue weighted by atomic mass is 16.6. The van der Waals surface area contributed by atoms with E-state index in [0.29, 0.717) is 38.5 Å². The SMILES string of the molecule is Cc1ccc(C(=O)NCC2COCCO2)cc1C#CCN. The van der Waals surface area contributed by atoms with E-state index in [2.05, 4.69) is 17.2 Å². The number of amides is 1. The summed E-state index contributed by atoms with van der Waals surface area (Å²) in [6.07, 6.45) is -0.0790. The van der Waals surface area contributed by atoms with Crippen molar-refractivity contribution in [2.75, 3.05) is 32.9 Å². The monoisotopic (exact) mass is 288 g/mol. The first-order chi connectivity index (χ1) is 10.2. The number of benzene rings is 1. The molecule has 1 heterocycles. The standard InChI is InChI=1S/C16H20N2O3/c1-12-4-5-14(9-13(12)3-2-6-17)16(19)18-10-15-11-20-7-8-21-15/h4-5,9,15H,6-8,10-11,17H2,1H3,(H,18,19). The number of nitrogens with one attached hydrogen (secondary N) is 1. The lowest BCUT2D eigenvalue weighted by atomic mass is 10.0. The number of ether oxygens (including phenoxy) is 2. The van der Waals surface area contributed by atoms with Crippen molar-refractivity contribution < 1.29 is 14.3 Å². The minimum absolute atomic E-state index is 0.0790. The Bertz CT molecular complexity index is 554. The summed E-state index contributed by atoms with van der Waals surface area (Å²) in [7, 11) is 0. The molecule has 5 heteroatoms. The van der Waals surface area contributed by atoms with Crippen LogP contribution in [-0.4, -0.2) is 44.9 Å². The zero-order valence-corrected chi connectivity index (χ0v) is 12.1. The second kappa shape index (κ2) is 7.79. The summed E-state index contributed by atoms with van der Waals surface area (Å²) in [5.74, 6) is 5.64. The van der Waals surface area contributed by atoms with Gasteiger partial charge in [-0.05, 0) is 24.6 Å². The van der Waals surface area contributed by atoms with Crippen LogP contribution in [0.4, 0.5) is 0 Å². The summed E-state index contributed by atoms with van der Waals surface area (Å²) in [5.41, 5.74) is 7.81. The smallest absolute Gasteiger partial charge is 0.251 e. The van der Waals surface area contributed by atoms with Crippen molar-refractivity contribution in [1.82, 2.24) is 5.32 Å². The third kappa shape index (κ3) is 4.57. The Morgan fingerprint density at radius 1 is 1.48 bits per heavy atom. The quantitative estimate of drug-likeness (QED) is 0.792. The molecule has 0 radical (unpaired) electrons. The van der Waals surface area contributed by atoms with Crippen LogP contribution in [0.3, 0.4) is 0 Å². The van der Waals surface area contributed by atoms with Crippen LogP contribution in [0.1, 0.15) is 21.5 Å². The Labute approximate surface area is 124 Å². The van der Waals surface area contributed by atoms with E-state index in [1.54, 1.807) is 12.1 Å². The third-order valence-corrected chi connectivity index (χ3v) is 3.20. The van der Waals surface area contributed by atoms with Crippen LogP contribution in [0.5, 0.6) is 0 Å². The predicted molar refractivity (Wildman–Crippen MR) is 80.0 cm³/mol. The van der Waals surface area contributed by atoms with E-state index in [1.807, 2.05) is 13.0 Å². The number of aryl methyl sites for hydroxylation is 1. The molecule has 0 aliphatic carbocycles. The van der Waals surface area contributed by atoms with Crippen LogP contribution in [0, 0.1) is 18.8 Å². The van der Waals surface area contributed by atoms with E-state index in [4.69, 9.17) is 15.2 Å². The Hall–Kier alpha value is -1.87. The average Bonchev–Trinajstić information content (AvgIpc) is 2.53. The number of hydrogen-bond donors (Lipinski definition) is 2. The molecule has 1 fully saturated rings. The van der Waals surface area contributed by atoms with Crippen molar-refractivity contribution in [2.45, 2.75) is 13.0 Å². The topological polar surface area (TPSA) is 73.6 Å². The van der Waals surface area contributed by atoms with Crippen molar-refractivity contribution >= 4 is 5.91 Å². The molecule has 1 aliphatic heterocycles. The zero-order valence-electron chi connectivity index (χ0n) is 12.1. The van der Waals surface area contributed by atoms with E-state index < -0.39 is 0 Å². The summed E-state index contributed by atoms with van der Waals surface area (Å²) >= 11 is 0. The van der Waals surface area contributed by atoms with Crippen LogP contribution >= 0.6 is 0 Å². The van der Waals surface area contributed by atoms with Crippen LogP contribution < -0.4 is 11.1 Å². The maximum absolute atomic E-state index is 12.1. The van der Waals surface area contributed by atoms with Gasteiger partial charge in [0.25, 0.3) is 5.91 Å². The first-order valence-corrected chi connectivity index (χ1v) is 6.98. The highest BCUT2D eigenvalue weighted by Crippen LogP contribution is 2.10. The lowest BCUT2D eigenvalue weighted by molar-refractivity contribution is -0.0855. The molecule has 3 N–H and O–H groups in total. The molecule has 0 saturated carbocycles. The Morgan fingerprint density at radius 3 is 3.05 bits per heavy atom. The third-order valence-electron chi connectivity index (χ3n) is 3.20. The van der Waals surface area contributed by atoms with Gasteiger partial charge in [-0.2, -0.15) is 0 Å². The van der Waals surface area contributed by atoms with Crippen LogP contribution in [-0.2, 0) is 9.47 Å². The minimum atomic E-state index is -0.139. The van der Waals surface area contributed by atoms with Crippen molar-refractivity contribution in [2.24, 2.45) is 5.73 Å². The van der Waals surface area contributed by atoms with Gasteiger partial charge in [-0.25, -0.2) is 0 Å². The van der Waals surface area contributed by atoms with Crippen molar-refractivity contribution in [3.8, 4) is 11.8 Å². The largest absolute Gasteiger partial charge is 0.376 e. The number of hydrogen-bond acceptors (Lipinski definition) is 4. The van der Waals surface area contributed by atoms with E-state index in [9.17, 15) is 4.79 Å². The molecule has 21 heavy (non-hydrogen) atoms. The molecule has 1 aliphatic rings. The van der Waals surface area contributed by atoms with E-state index in [0.717, 1.165) is 11.1 Å². The number of nitrogens with two attached hydrogens (primary N) is 1. The van der Waals surface area contributed by atoms with Gasteiger partial charge in [-0.1, -0.05) is 17.9 Å². The summed E-state index contributed by atoms with van der Waals surface area (Å²) in [6.45, 7) is 4.40. The van der Waals surface area contributed by atoms with Gasteiger partial charge in [0, 0.05) is 17.7 Å². The maximum Gasteiger partial charge on any atom is 0.251 e. The molecule has 5 nitrogen and oxygen atoms in total. The molecule has 0 spiro atoms. The second-order valence-corrected chi connectivity index (χ2v) is 4.81. The molecule has 1 aromatic carbocycles. The van der Waals surface area contributed by atoms with E-state index in [-0.39, 0.29) is 12.0 Å². The summed E-state index contributed by atoms with van der Waals surface area (Å²) in [4.78, 5) is 12.1. The molecule has 1 amide bonds. The van der Waals surface area contributed by atoms with E-state index >= 15 is 0 Å². The van der Waals surface area contributed by atoms with Gasteiger partial charge in [0.2, 0.25) is 0 Å². The van der Waals surface area contributed by atoms with Gasteiger partial charge in [-0.15, -0.1) is 0 Å². The zero-order chi connectivity index (χ0) is 15.1. The van der Waals surface area contributed by atoms with Crippen LogP contribution in [0.15, 0.2) is 18.2 Å². The van der Waals surface area contributed by atoms with Gasteiger partial charge in [0.05, 0.1) is 32.5 Å². The summed E-state index contributed by atoms with van der Waals surface area (Å²) in [5, 5.41) is 2.85. The molecule has 1 aromatic rings. The maximum atomic E-state index is 12.1. The fourth-order valence-electron chi connectivity index (χ4n) is 2.01. The van der Waals surface area contributed by atoms with Gasteiger partial charge in [-0.3, -0.25) is 4.79 Å². The van der Waals surface area contributed by atoms with Gasteiger partial charge >= 0.3 is 0 Å². The van der Waals surface area contributed by atoms with Crippen molar-refractivity contribution in [3.63, 3.8) is 0 Å². The Morgan fingerprint density at radius 2 is 2.33 bits per heavy atom. The predicted octanol–water partition coefficient (Wildman–Crippen LogP) is 0.450. The van der Waals surface area contributed by atoms with E-state index in [1.165, 1.54) is 0 Å². The van der Waals surface area contributed by atoms with Crippen molar-refractivity contribution in [1.29, 1.82) is 0 Å². The van der Waals surface area contributed by atoms with Gasteiger partial charge in [0.15, 0.2) is 0 Å². The normalized spacial score (nSPS) is 17.7. The Kier molecular flexibility index (Phi) is 5.76. The lowest BCUT2D eigenvalue weighted by Crippen LogP contribution is -2.39. The fourth-order valence-corrected chi connectivity index (χ4v) is 2.01. The first kappa shape index (κ1) is 15.5.